The highest BCUT2D eigenvalue weighted by Crippen LogP contribution is 2.14. The van der Waals surface area contributed by atoms with E-state index in [1.165, 1.54) is 0 Å². The second-order valence-corrected chi connectivity index (χ2v) is 5.90. The third-order valence-electron chi connectivity index (χ3n) is 4.18. The van der Waals surface area contributed by atoms with Crippen LogP contribution in [-0.4, -0.2) is 54.2 Å². The van der Waals surface area contributed by atoms with Gasteiger partial charge >= 0.3 is 5.97 Å². The van der Waals surface area contributed by atoms with Crippen molar-refractivity contribution in [2.75, 3.05) is 26.2 Å². The fourth-order valence-electron chi connectivity index (χ4n) is 2.79. The Labute approximate surface area is 148 Å². The molecular weight excluding hydrogens is 320 g/mol. The Hall–Kier alpha value is -2.52. The summed E-state index contributed by atoms with van der Waals surface area (Å²) in [6.07, 6.45) is 3.14. The van der Waals surface area contributed by atoms with E-state index in [0.29, 0.717) is 17.9 Å². The minimum Gasteiger partial charge on any atom is -0.481 e. The molecule has 1 heterocycles. The number of carbonyl (C=O) groups excluding carboxylic acids is 1. The molecule has 0 bridgehead atoms. The van der Waals surface area contributed by atoms with Crippen LogP contribution in [-0.2, 0) is 4.79 Å². The van der Waals surface area contributed by atoms with Gasteiger partial charge in [0, 0.05) is 12.1 Å². The van der Waals surface area contributed by atoms with Gasteiger partial charge in [-0.3, -0.25) is 14.5 Å². The summed E-state index contributed by atoms with van der Waals surface area (Å²) in [4.78, 5) is 25.7. The van der Waals surface area contributed by atoms with E-state index in [0.717, 1.165) is 32.4 Å². The van der Waals surface area contributed by atoms with Crippen LogP contribution in [0.25, 0.3) is 0 Å². The first-order valence-electron chi connectivity index (χ1n) is 8.49. The lowest BCUT2D eigenvalue weighted by atomic mass is 10.1. The number of likely N-dealkylation sites (tertiary alicyclic amines) is 1. The Kier molecular flexibility index (Phi) is 7.30. The molecule has 1 fully saturated rings. The van der Waals surface area contributed by atoms with Gasteiger partial charge in [-0.1, -0.05) is 12.3 Å². The number of hydrogen-bond acceptors (Lipinski definition) is 4. The molecule has 0 aliphatic carbocycles. The third kappa shape index (κ3) is 5.80. The fourth-order valence-corrected chi connectivity index (χ4v) is 2.79. The molecule has 1 atom stereocenters. The molecule has 25 heavy (non-hydrogen) atoms. The summed E-state index contributed by atoms with van der Waals surface area (Å²) in [5, 5.41) is 12.2. The molecular formula is C19H24N2O4. The molecule has 1 saturated heterocycles. The Morgan fingerprint density at radius 1 is 1.24 bits per heavy atom. The van der Waals surface area contributed by atoms with Crippen molar-refractivity contribution in [3.05, 3.63) is 29.8 Å². The average molecular weight is 344 g/mol. The molecule has 1 aliphatic rings. The second kappa shape index (κ2) is 9.70. The molecule has 0 spiro atoms. The van der Waals surface area contributed by atoms with Crippen molar-refractivity contribution in [1.82, 2.24) is 10.2 Å². The Morgan fingerprint density at radius 2 is 1.92 bits per heavy atom. The van der Waals surface area contributed by atoms with Crippen molar-refractivity contribution < 1.29 is 19.4 Å². The highest BCUT2D eigenvalue weighted by atomic mass is 16.5. The van der Waals surface area contributed by atoms with E-state index in [4.69, 9.17) is 4.74 Å². The number of rotatable bonds is 7. The Bertz CT molecular complexity index is 640. The van der Waals surface area contributed by atoms with Gasteiger partial charge in [-0.25, -0.2) is 0 Å². The van der Waals surface area contributed by atoms with Crippen molar-refractivity contribution in [3.8, 4) is 17.6 Å². The van der Waals surface area contributed by atoms with Gasteiger partial charge in [-0.05, 0) is 57.1 Å². The first-order valence-corrected chi connectivity index (χ1v) is 8.49. The summed E-state index contributed by atoms with van der Waals surface area (Å²) >= 11 is 0. The first kappa shape index (κ1) is 18.8. The topological polar surface area (TPSA) is 78.9 Å². The molecule has 2 N–H and O–H groups in total. The predicted molar refractivity (Wildman–Crippen MR) is 94.6 cm³/mol. The summed E-state index contributed by atoms with van der Waals surface area (Å²) in [5.74, 6) is 4.98. The number of amides is 1. The highest BCUT2D eigenvalue weighted by molar-refractivity contribution is 5.94. The van der Waals surface area contributed by atoms with E-state index in [1.807, 2.05) is 4.90 Å². The summed E-state index contributed by atoms with van der Waals surface area (Å²) in [7, 11) is 0. The first-order chi connectivity index (χ1) is 12.1. The third-order valence-corrected chi connectivity index (χ3v) is 4.18. The van der Waals surface area contributed by atoms with Gasteiger partial charge in [-0.2, -0.15) is 0 Å². The highest BCUT2D eigenvalue weighted by Gasteiger charge is 2.27. The zero-order valence-electron chi connectivity index (χ0n) is 14.5. The molecule has 134 valence electrons. The largest absolute Gasteiger partial charge is 0.481 e. The summed E-state index contributed by atoms with van der Waals surface area (Å²) in [6.45, 7) is 3.67. The molecule has 6 nitrogen and oxygen atoms in total. The van der Waals surface area contributed by atoms with Gasteiger partial charge in [0.1, 0.15) is 18.4 Å². The van der Waals surface area contributed by atoms with Crippen molar-refractivity contribution in [2.45, 2.75) is 32.2 Å². The van der Waals surface area contributed by atoms with E-state index in [1.54, 1.807) is 31.2 Å². The maximum Gasteiger partial charge on any atom is 0.322 e. The lowest BCUT2D eigenvalue weighted by Gasteiger charge is -2.31. The van der Waals surface area contributed by atoms with Gasteiger partial charge in [0.2, 0.25) is 0 Å². The average Bonchev–Trinajstić information content (AvgIpc) is 2.63. The second-order valence-electron chi connectivity index (χ2n) is 5.90. The van der Waals surface area contributed by atoms with Gasteiger partial charge in [0.25, 0.3) is 5.91 Å². The SMILES string of the molecule is CC#CCOc1ccc(C(=O)NC[C@@H](C(=O)O)N2CCCCC2)cc1. The standard InChI is InChI=1S/C19H24N2O4/c1-2-3-13-25-16-9-7-15(8-10-16)18(22)20-14-17(19(23)24)21-11-5-4-6-12-21/h7-10,17H,4-6,11-14H2,1H3,(H,20,22)(H,23,24)/t17-/m0/s1. The quantitative estimate of drug-likeness (QED) is 0.737. The van der Waals surface area contributed by atoms with Crippen molar-refractivity contribution in [1.29, 1.82) is 0 Å². The predicted octanol–water partition coefficient (Wildman–Crippen LogP) is 1.76. The van der Waals surface area contributed by atoms with Crippen LogP contribution in [0.1, 0.15) is 36.5 Å². The van der Waals surface area contributed by atoms with E-state index in [2.05, 4.69) is 17.2 Å². The van der Waals surface area contributed by atoms with E-state index < -0.39 is 12.0 Å². The number of carbonyl (C=O) groups is 2. The summed E-state index contributed by atoms with van der Waals surface area (Å²) in [5.41, 5.74) is 0.469. The maximum absolute atomic E-state index is 12.2. The Morgan fingerprint density at radius 3 is 2.52 bits per heavy atom. The number of carboxylic acids is 1. The number of piperidine rings is 1. The minimum atomic E-state index is -0.900. The molecule has 0 radical (unpaired) electrons. The van der Waals surface area contributed by atoms with Crippen LogP contribution in [0.15, 0.2) is 24.3 Å². The van der Waals surface area contributed by atoms with Crippen LogP contribution in [0.3, 0.4) is 0 Å². The van der Waals surface area contributed by atoms with Gasteiger partial charge in [0.05, 0.1) is 0 Å². The number of benzene rings is 1. The summed E-state index contributed by atoms with van der Waals surface area (Å²) in [6, 6.07) is 6.03. The van der Waals surface area contributed by atoms with Gasteiger partial charge in [0.15, 0.2) is 0 Å². The normalized spacial score (nSPS) is 15.6. The molecule has 0 aromatic heterocycles. The number of nitrogens with zero attached hydrogens (tertiary/aromatic N) is 1. The molecule has 1 aromatic rings. The van der Waals surface area contributed by atoms with Crippen LogP contribution in [0, 0.1) is 11.8 Å². The molecule has 6 heteroatoms. The minimum absolute atomic E-state index is 0.0957. The molecule has 2 rings (SSSR count). The van der Waals surface area contributed by atoms with E-state index >= 15 is 0 Å². The lowest BCUT2D eigenvalue weighted by molar-refractivity contribution is -0.143. The van der Waals surface area contributed by atoms with E-state index in [-0.39, 0.29) is 12.5 Å². The monoisotopic (exact) mass is 344 g/mol. The van der Waals surface area contributed by atoms with E-state index in [9.17, 15) is 14.7 Å². The molecule has 0 unspecified atom stereocenters. The van der Waals surface area contributed by atoms with Crippen molar-refractivity contribution in [2.24, 2.45) is 0 Å². The van der Waals surface area contributed by atoms with Crippen LogP contribution in [0.5, 0.6) is 5.75 Å². The number of nitrogens with one attached hydrogen (secondary N) is 1. The zero-order chi connectivity index (χ0) is 18.1. The molecule has 1 aromatic carbocycles. The lowest BCUT2D eigenvalue weighted by Crippen LogP contribution is -2.50. The van der Waals surface area contributed by atoms with Crippen molar-refractivity contribution >= 4 is 11.9 Å². The number of aliphatic carboxylic acids is 1. The van der Waals surface area contributed by atoms with Gasteiger partial charge < -0.3 is 15.2 Å². The number of hydrogen-bond donors (Lipinski definition) is 2. The fraction of sp³-hybridized carbons (Fsp3) is 0.474. The molecule has 0 saturated carbocycles. The number of carboxylic acid groups (broad SMARTS) is 1. The van der Waals surface area contributed by atoms with Crippen molar-refractivity contribution in [3.63, 3.8) is 0 Å². The maximum atomic E-state index is 12.2. The molecule has 1 amide bonds. The Balaban J connectivity index is 1.88. The molecule has 1 aliphatic heterocycles. The van der Waals surface area contributed by atoms with Crippen LogP contribution in [0.2, 0.25) is 0 Å². The van der Waals surface area contributed by atoms with Gasteiger partial charge in [-0.15, -0.1) is 5.92 Å². The smallest absolute Gasteiger partial charge is 0.322 e. The van der Waals surface area contributed by atoms with Crippen LogP contribution in [0.4, 0.5) is 0 Å². The van der Waals surface area contributed by atoms with Crippen LogP contribution < -0.4 is 10.1 Å². The number of ether oxygens (including phenoxy) is 1. The summed E-state index contributed by atoms with van der Waals surface area (Å²) < 4.78 is 5.40. The van der Waals surface area contributed by atoms with Crippen LogP contribution >= 0.6 is 0 Å². The zero-order valence-corrected chi connectivity index (χ0v) is 14.5.